The Labute approximate surface area is 87.7 Å². The van der Waals surface area contributed by atoms with Crippen LogP contribution in [0.5, 0.6) is 0 Å². The Morgan fingerprint density at radius 3 is 0.938 bits per heavy atom. The smallest absolute Gasteiger partial charge is 0.412 e. The summed E-state index contributed by atoms with van der Waals surface area (Å²) in [6.45, 7) is 0. The van der Waals surface area contributed by atoms with Gasteiger partial charge in [0.05, 0.1) is 0 Å². The molecule has 104 valence electrons. The van der Waals surface area contributed by atoms with Crippen LogP contribution in [0.4, 0.5) is 0 Å². The maximum atomic E-state index is 10.4. The van der Waals surface area contributed by atoms with Gasteiger partial charge in [-0.3, -0.25) is 0 Å². The summed E-state index contributed by atoms with van der Waals surface area (Å²) >= 11 is 0. The summed E-state index contributed by atoms with van der Waals surface area (Å²) in [7, 11) is -16.2. The summed E-state index contributed by atoms with van der Waals surface area (Å²) in [5.74, 6) is 0. The zero-order valence-corrected chi connectivity index (χ0v) is 9.80. The lowest BCUT2D eigenvalue weighted by atomic mass is 15.7. The number of rotatable bonds is 4. The fraction of sp³-hybridized carbons (Fsp3) is 0. The van der Waals surface area contributed by atoms with Crippen molar-refractivity contribution in [1.29, 1.82) is 0 Å². The van der Waals surface area contributed by atoms with E-state index in [1.54, 1.807) is 0 Å². The van der Waals surface area contributed by atoms with E-state index in [4.69, 9.17) is 24.5 Å². The van der Waals surface area contributed by atoms with Crippen LogP contribution >= 0.6 is 23.5 Å². The van der Waals surface area contributed by atoms with Crippen molar-refractivity contribution in [2.45, 2.75) is 0 Å². The van der Waals surface area contributed by atoms with Gasteiger partial charge in [-0.1, -0.05) is 0 Å². The van der Waals surface area contributed by atoms with E-state index in [0.717, 1.165) is 0 Å². The normalized spacial score (nSPS) is 11.8. The summed E-state index contributed by atoms with van der Waals surface area (Å²) in [5, 5.41) is 0. The molecule has 0 aliphatic rings. The predicted octanol–water partition coefficient (Wildman–Crippen LogP) is -3.17. The largest absolute Gasteiger partial charge is 0.490 e. The predicted molar refractivity (Wildman–Crippen MR) is 46.9 cm³/mol. The minimum absolute atomic E-state index is 0. The highest BCUT2D eigenvalue weighted by atomic mass is 31.3. The van der Waals surface area contributed by atoms with Gasteiger partial charge in [-0.05, 0) is 0 Å². The molecule has 16 heteroatoms. The average Bonchev–Trinajstić information content (AvgIpc) is 1.43. The molecule has 0 atom stereocenters. The van der Waals surface area contributed by atoms with Crippen LogP contribution in [-0.4, -0.2) is 40.9 Å². The van der Waals surface area contributed by atoms with Gasteiger partial charge in [0, 0.05) is 0 Å². The van der Waals surface area contributed by atoms with Gasteiger partial charge in [0.25, 0.3) is 0 Å². The highest BCUT2D eigenvalue weighted by Crippen LogP contribution is 2.64. The molecular formula is H11O13P3. The Kier molecular flexibility index (Phi) is 12.0. The molecule has 0 aliphatic heterocycles. The van der Waals surface area contributed by atoms with Gasteiger partial charge >= 0.3 is 23.5 Å². The van der Waals surface area contributed by atoms with Crippen LogP contribution in [0.3, 0.4) is 0 Å². The molecule has 11 N–H and O–H groups in total. The van der Waals surface area contributed by atoms with Gasteiger partial charge in [-0.15, -0.1) is 0 Å². The minimum atomic E-state index is -5.46. The van der Waals surface area contributed by atoms with Crippen LogP contribution in [-0.2, 0) is 22.3 Å². The van der Waals surface area contributed by atoms with Crippen LogP contribution in [0, 0.1) is 0 Å². The lowest BCUT2D eigenvalue weighted by Gasteiger charge is -2.11. The van der Waals surface area contributed by atoms with Gasteiger partial charge in [0.15, 0.2) is 0 Å². The third-order valence-corrected chi connectivity index (χ3v) is 3.77. The van der Waals surface area contributed by atoms with Crippen LogP contribution in [0.15, 0.2) is 0 Å². The molecule has 0 rings (SSSR count). The molecule has 0 spiro atoms. The molecule has 0 aromatic rings. The molecule has 13 nitrogen and oxygen atoms in total. The maximum Gasteiger partial charge on any atom is 0.490 e. The first-order chi connectivity index (χ1) is 5.41. The van der Waals surface area contributed by atoms with Crippen molar-refractivity contribution in [3.63, 3.8) is 0 Å². The van der Waals surface area contributed by atoms with E-state index in [1.807, 2.05) is 0 Å². The second-order valence-corrected chi connectivity index (χ2v) is 5.82. The van der Waals surface area contributed by atoms with E-state index in [0.29, 0.717) is 0 Å². The number of phosphoric acid groups is 3. The summed E-state index contributed by atoms with van der Waals surface area (Å²) < 4.78 is 36.4. The summed E-state index contributed by atoms with van der Waals surface area (Å²) in [5.41, 5.74) is 0. The zero-order chi connectivity index (χ0) is 10.9. The van der Waals surface area contributed by atoms with Crippen molar-refractivity contribution in [3.8, 4) is 0 Å². The van der Waals surface area contributed by atoms with Gasteiger partial charge in [-0.25, -0.2) is 13.7 Å². The van der Waals surface area contributed by atoms with Crippen molar-refractivity contribution in [2.75, 3.05) is 0 Å². The highest BCUT2D eigenvalue weighted by molar-refractivity contribution is 7.66. The van der Waals surface area contributed by atoms with Gasteiger partial charge in [-0.2, -0.15) is 8.62 Å². The fourth-order valence-corrected chi connectivity index (χ4v) is 2.82. The molecule has 0 fully saturated rings. The molecule has 0 radical (unpaired) electrons. The SMILES string of the molecule is O.O.O.O=P(O)(O)OP(=O)(O)OP(=O)(O)O. The monoisotopic (exact) mass is 312 g/mol. The molecule has 0 heterocycles. The van der Waals surface area contributed by atoms with Crippen molar-refractivity contribution in [1.82, 2.24) is 0 Å². The summed E-state index contributed by atoms with van der Waals surface area (Å²) in [4.78, 5) is 40.2. The molecule has 0 bridgehead atoms. The van der Waals surface area contributed by atoms with E-state index in [1.165, 1.54) is 0 Å². The topological polar surface area (TPSA) is 265 Å². The van der Waals surface area contributed by atoms with Crippen molar-refractivity contribution < 1.29 is 63.2 Å². The quantitative estimate of drug-likeness (QED) is 0.324. The Morgan fingerprint density at radius 1 is 0.625 bits per heavy atom. The van der Waals surface area contributed by atoms with Crippen LogP contribution in [0.2, 0.25) is 0 Å². The molecule has 0 saturated carbocycles. The number of hydrogen-bond acceptors (Lipinski definition) is 5. The lowest BCUT2D eigenvalue weighted by Crippen LogP contribution is -1.91. The Hall–Kier alpha value is 0.290. The Bertz CT molecular complexity index is 273. The lowest BCUT2D eigenvalue weighted by molar-refractivity contribution is 0.204. The summed E-state index contributed by atoms with van der Waals surface area (Å²) in [6.07, 6.45) is 0. The van der Waals surface area contributed by atoms with Crippen molar-refractivity contribution in [2.24, 2.45) is 0 Å². The fourth-order valence-electron chi connectivity index (χ4n) is 0.284. The van der Waals surface area contributed by atoms with E-state index in [9.17, 15) is 13.7 Å². The van der Waals surface area contributed by atoms with Gasteiger partial charge < -0.3 is 40.9 Å². The molecule has 0 amide bonds. The van der Waals surface area contributed by atoms with Crippen molar-refractivity contribution in [3.05, 3.63) is 0 Å². The first-order valence-corrected chi connectivity index (χ1v) is 6.83. The van der Waals surface area contributed by atoms with Crippen LogP contribution in [0.1, 0.15) is 0 Å². The second kappa shape index (κ2) is 7.58. The first-order valence-electron chi connectivity index (χ1n) is 2.28. The van der Waals surface area contributed by atoms with Gasteiger partial charge in [0.1, 0.15) is 0 Å². The first kappa shape index (κ1) is 25.2. The third kappa shape index (κ3) is 16.7. The Balaban J connectivity index is -0.000000240. The average molecular weight is 312 g/mol. The third-order valence-electron chi connectivity index (χ3n) is 0.419. The maximum absolute atomic E-state index is 10.4. The van der Waals surface area contributed by atoms with Crippen LogP contribution in [0.25, 0.3) is 0 Å². The van der Waals surface area contributed by atoms with Crippen molar-refractivity contribution >= 4 is 23.5 Å². The Morgan fingerprint density at radius 2 is 0.812 bits per heavy atom. The standard InChI is InChI=1S/H5O10P3.3H2O/c1-11(2,3)9-13(7,8)10-12(4,5)6;;;/h(H,7,8)(H2,1,2,3)(H2,4,5,6);3*1H2. The number of hydrogen-bond donors (Lipinski definition) is 5. The summed E-state index contributed by atoms with van der Waals surface area (Å²) in [6, 6.07) is 0. The molecule has 0 unspecified atom stereocenters. The van der Waals surface area contributed by atoms with Crippen LogP contribution < -0.4 is 0 Å². The van der Waals surface area contributed by atoms with Gasteiger partial charge in [0.2, 0.25) is 0 Å². The molecule has 0 aromatic heterocycles. The second-order valence-electron chi connectivity index (χ2n) is 1.61. The van der Waals surface area contributed by atoms with E-state index in [2.05, 4.69) is 8.62 Å². The van der Waals surface area contributed by atoms with E-state index in [-0.39, 0.29) is 16.4 Å². The molecule has 0 aliphatic carbocycles. The van der Waals surface area contributed by atoms with E-state index < -0.39 is 23.5 Å². The van der Waals surface area contributed by atoms with E-state index >= 15 is 0 Å². The molecular weight excluding hydrogens is 301 g/mol. The zero-order valence-electron chi connectivity index (χ0n) is 7.12. The molecule has 0 aromatic carbocycles. The highest BCUT2D eigenvalue weighted by Gasteiger charge is 2.38. The molecule has 16 heavy (non-hydrogen) atoms. The minimum Gasteiger partial charge on any atom is -0.412 e. The molecule has 0 saturated heterocycles.